The Morgan fingerprint density at radius 2 is 1.74 bits per heavy atom. The lowest BCUT2D eigenvalue weighted by Crippen LogP contribution is -2.19. The number of hydrogen-bond acceptors (Lipinski definition) is 3. The van der Waals surface area contributed by atoms with Crippen LogP contribution in [0.5, 0.6) is 5.75 Å². The summed E-state index contributed by atoms with van der Waals surface area (Å²) in [7, 11) is 0. The van der Waals surface area contributed by atoms with Crippen LogP contribution in [-0.4, -0.2) is 16.7 Å². The summed E-state index contributed by atoms with van der Waals surface area (Å²) in [5.74, 6) is 0.430. The highest BCUT2D eigenvalue weighted by Crippen LogP contribution is 2.16. The van der Waals surface area contributed by atoms with Crippen molar-refractivity contribution in [1.29, 1.82) is 0 Å². The number of nitrogens with one attached hydrogen (secondary N) is 1. The number of ether oxygens (including phenoxy) is 1. The average molecular weight is 430 g/mol. The molecule has 0 fully saturated rings. The van der Waals surface area contributed by atoms with Gasteiger partial charge >= 0.3 is 0 Å². The monoisotopic (exact) mass is 429 g/mol. The molecule has 0 radical (unpaired) electrons. The third-order valence-electron chi connectivity index (χ3n) is 4.59. The zero-order valence-corrected chi connectivity index (χ0v) is 17.4. The number of halogens is 1. The summed E-state index contributed by atoms with van der Waals surface area (Å²) in [5.41, 5.74) is 5.76. The second kappa shape index (κ2) is 9.78. The number of rotatable bonds is 7. The number of nitrogens with zero attached hydrogens (tertiary/aromatic N) is 2. The van der Waals surface area contributed by atoms with Gasteiger partial charge in [-0.2, -0.15) is 5.10 Å². The van der Waals surface area contributed by atoms with Crippen LogP contribution in [0.3, 0.4) is 0 Å². The Bertz CT molecular complexity index is 1190. The largest absolute Gasteiger partial charge is 0.489 e. The molecule has 1 aromatic heterocycles. The molecule has 0 saturated heterocycles. The van der Waals surface area contributed by atoms with Gasteiger partial charge in [0.25, 0.3) is 5.91 Å². The fourth-order valence-corrected chi connectivity index (χ4v) is 3.17. The summed E-state index contributed by atoms with van der Waals surface area (Å²) in [6.07, 6.45) is 5.38. The van der Waals surface area contributed by atoms with E-state index in [1.165, 1.54) is 0 Å². The number of para-hydroxylation sites is 1. The molecule has 0 unspecified atom stereocenters. The van der Waals surface area contributed by atoms with E-state index >= 15 is 0 Å². The highest BCUT2D eigenvalue weighted by Gasteiger charge is 2.10. The van der Waals surface area contributed by atoms with Gasteiger partial charge in [0.1, 0.15) is 12.4 Å². The van der Waals surface area contributed by atoms with Gasteiger partial charge in [0.2, 0.25) is 0 Å². The minimum Gasteiger partial charge on any atom is -0.489 e. The Hall–Kier alpha value is -3.83. The number of carbonyl (C=O) groups is 1. The molecule has 5 nitrogen and oxygen atoms in total. The molecule has 0 atom stereocenters. The second-order valence-corrected chi connectivity index (χ2v) is 7.23. The van der Waals surface area contributed by atoms with Gasteiger partial charge in [-0.1, -0.05) is 48.0 Å². The number of amides is 1. The third kappa shape index (κ3) is 5.41. The van der Waals surface area contributed by atoms with Crippen LogP contribution in [0, 0.1) is 0 Å². The summed E-state index contributed by atoms with van der Waals surface area (Å²) >= 11 is 5.91. The summed E-state index contributed by atoms with van der Waals surface area (Å²) in [6, 6.07) is 26.2. The highest BCUT2D eigenvalue weighted by atomic mass is 35.5. The maximum absolute atomic E-state index is 12.6. The van der Waals surface area contributed by atoms with Gasteiger partial charge in [-0.05, 0) is 59.7 Å². The van der Waals surface area contributed by atoms with Crippen LogP contribution in [0.2, 0.25) is 5.02 Å². The minimum atomic E-state index is -0.282. The molecule has 0 bridgehead atoms. The molecule has 1 N–H and O–H groups in total. The molecule has 0 aliphatic carbocycles. The van der Waals surface area contributed by atoms with E-state index in [0.717, 1.165) is 16.8 Å². The number of carbonyl (C=O) groups excluding carboxylic acids is 1. The predicted molar refractivity (Wildman–Crippen MR) is 123 cm³/mol. The Morgan fingerprint density at radius 3 is 2.55 bits per heavy atom. The standard InChI is InChI=1S/C25H20ClN3O2/c26-21-12-10-19(11-13-21)18-31-22-7-5-6-20(16-22)17-27-28-25(30)23-8-1-2-9-24(23)29-14-3-4-15-29/h1-17H,18H2,(H,28,30)/b27-17+. The van der Waals surface area contributed by atoms with Crippen molar-refractivity contribution in [2.24, 2.45) is 5.10 Å². The molecule has 154 valence electrons. The van der Waals surface area contributed by atoms with Gasteiger partial charge in [-0.15, -0.1) is 0 Å². The van der Waals surface area contributed by atoms with Crippen molar-refractivity contribution in [1.82, 2.24) is 9.99 Å². The van der Waals surface area contributed by atoms with E-state index in [1.54, 1.807) is 12.3 Å². The first kappa shape index (κ1) is 20.4. The van der Waals surface area contributed by atoms with Gasteiger partial charge in [-0.3, -0.25) is 4.79 Å². The molecule has 4 aromatic rings. The Labute approximate surface area is 185 Å². The van der Waals surface area contributed by atoms with E-state index in [4.69, 9.17) is 16.3 Å². The topological polar surface area (TPSA) is 55.6 Å². The van der Waals surface area contributed by atoms with E-state index in [2.05, 4.69) is 10.5 Å². The normalized spacial score (nSPS) is 10.9. The van der Waals surface area contributed by atoms with Gasteiger partial charge in [-0.25, -0.2) is 5.43 Å². The van der Waals surface area contributed by atoms with Crippen LogP contribution >= 0.6 is 11.6 Å². The lowest BCUT2D eigenvalue weighted by atomic mass is 10.1. The summed E-state index contributed by atoms with van der Waals surface area (Å²) in [5, 5.41) is 4.80. The van der Waals surface area contributed by atoms with Crippen molar-refractivity contribution >= 4 is 23.7 Å². The molecule has 0 aliphatic rings. The lowest BCUT2D eigenvalue weighted by Gasteiger charge is -2.09. The molecule has 0 aliphatic heterocycles. The first-order valence-corrected chi connectivity index (χ1v) is 10.1. The second-order valence-electron chi connectivity index (χ2n) is 6.79. The molecule has 31 heavy (non-hydrogen) atoms. The molecular formula is C25H20ClN3O2. The van der Waals surface area contributed by atoms with Crippen LogP contribution in [-0.2, 0) is 6.61 Å². The van der Waals surface area contributed by atoms with Crippen molar-refractivity contribution in [3.05, 3.63) is 119 Å². The Balaban J connectivity index is 1.39. The minimum absolute atomic E-state index is 0.282. The molecule has 1 heterocycles. The van der Waals surface area contributed by atoms with Crippen LogP contribution < -0.4 is 10.2 Å². The first-order chi connectivity index (χ1) is 15.2. The van der Waals surface area contributed by atoms with Gasteiger partial charge in [0.05, 0.1) is 17.5 Å². The van der Waals surface area contributed by atoms with Crippen molar-refractivity contribution in [3.63, 3.8) is 0 Å². The quantitative estimate of drug-likeness (QED) is 0.312. The third-order valence-corrected chi connectivity index (χ3v) is 4.84. The van der Waals surface area contributed by atoms with Gasteiger partial charge in [0, 0.05) is 17.4 Å². The van der Waals surface area contributed by atoms with Crippen LogP contribution in [0.1, 0.15) is 21.5 Å². The van der Waals surface area contributed by atoms with E-state index in [9.17, 15) is 4.79 Å². The highest BCUT2D eigenvalue weighted by molar-refractivity contribution is 6.30. The summed E-state index contributed by atoms with van der Waals surface area (Å²) in [4.78, 5) is 12.6. The van der Waals surface area contributed by atoms with E-state index in [1.807, 2.05) is 95.8 Å². The maximum atomic E-state index is 12.6. The maximum Gasteiger partial charge on any atom is 0.273 e. The van der Waals surface area contributed by atoms with Crippen LogP contribution in [0.15, 0.2) is 102 Å². The molecule has 0 saturated carbocycles. The van der Waals surface area contributed by atoms with Crippen LogP contribution in [0.25, 0.3) is 5.69 Å². The van der Waals surface area contributed by atoms with Gasteiger partial charge < -0.3 is 9.30 Å². The summed E-state index contributed by atoms with van der Waals surface area (Å²) in [6.45, 7) is 0.435. The van der Waals surface area contributed by atoms with Gasteiger partial charge in [0.15, 0.2) is 0 Å². The Kier molecular flexibility index (Phi) is 6.45. The number of hydrazone groups is 1. The fourth-order valence-electron chi connectivity index (χ4n) is 3.04. The average Bonchev–Trinajstić information content (AvgIpc) is 3.34. The molecular weight excluding hydrogens is 410 g/mol. The zero-order chi connectivity index (χ0) is 21.5. The molecule has 0 spiro atoms. The van der Waals surface area contributed by atoms with Crippen molar-refractivity contribution in [2.45, 2.75) is 6.61 Å². The smallest absolute Gasteiger partial charge is 0.273 e. The van der Waals surface area contributed by atoms with E-state index < -0.39 is 0 Å². The Morgan fingerprint density at radius 1 is 0.968 bits per heavy atom. The first-order valence-electron chi connectivity index (χ1n) is 9.72. The number of hydrogen-bond donors (Lipinski definition) is 1. The lowest BCUT2D eigenvalue weighted by molar-refractivity contribution is 0.0955. The predicted octanol–water partition coefficient (Wildman–Crippen LogP) is 5.47. The van der Waals surface area contributed by atoms with E-state index in [0.29, 0.717) is 22.9 Å². The van der Waals surface area contributed by atoms with Crippen molar-refractivity contribution < 1.29 is 9.53 Å². The molecule has 3 aromatic carbocycles. The van der Waals surface area contributed by atoms with Crippen molar-refractivity contribution in [3.8, 4) is 11.4 Å². The zero-order valence-electron chi connectivity index (χ0n) is 16.6. The number of aromatic nitrogens is 1. The molecule has 1 amide bonds. The molecule has 4 rings (SSSR count). The van der Waals surface area contributed by atoms with E-state index in [-0.39, 0.29) is 5.91 Å². The summed E-state index contributed by atoms with van der Waals surface area (Å²) < 4.78 is 7.72. The van der Waals surface area contributed by atoms with Crippen molar-refractivity contribution in [2.75, 3.05) is 0 Å². The fraction of sp³-hybridized carbons (Fsp3) is 0.0400. The molecule has 6 heteroatoms. The van der Waals surface area contributed by atoms with Crippen LogP contribution in [0.4, 0.5) is 0 Å². The SMILES string of the molecule is O=C(N/N=C/c1cccc(OCc2ccc(Cl)cc2)c1)c1ccccc1-n1cccc1. The number of benzene rings is 3.